The van der Waals surface area contributed by atoms with Gasteiger partial charge in [-0.25, -0.2) is 4.39 Å². The van der Waals surface area contributed by atoms with Gasteiger partial charge < -0.3 is 14.8 Å². The Morgan fingerprint density at radius 3 is 2.44 bits per heavy atom. The summed E-state index contributed by atoms with van der Waals surface area (Å²) in [5.74, 6) is 1.10. The van der Waals surface area contributed by atoms with Gasteiger partial charge in [0, 0.05) is 22.3 Å². The van der Waals surface area contributed by atoms with Gasteiger partial charge in [0.05, 0.1) is 7.11 Å². The fourth-order valence-corrected chi connectivity index (χ4v) is 3.20. The van der Waals surface area contributed by atoms with Crippen LogP contribution in [0.5, 0.6) is 11.5 Å². The van der Waals surface area contributed by atoms with Crippen LogP contribution in [0.15, 0.2) is 65.1 Å². The predicted molar refractivity (Wildman–Crippen MR) is 110 cm³/mol. The molecule has 0 fully saturated rings. The summed E-state index contributed by atoms with van der Waals surface area (Å²) in [5, 5.41) is 3.30. The quantitative estimate of drug-likeness (QED) is 0.492. The van der Waals surface area contributed by atoms with E-state index < -0.39 is 0 Å². The molecule has 3 aromatic carbocycles. The van der Waals surface area contributed by atoms with Crippen molar-refractivity contribution in [2.45, 2.75) is 20.1 Å². The van der Waals surface area contributed by atoms with Gasteiger partial charge >= 0.3 is 0 Å². The topological polar surface area (TPSA) is 30.5 Å². The normalized spacial score (nSPS) is 10.5. The van der Waals surface area contributed by atoms with Crippen molar-refractivity contribution in [3.05, 3.63) is 87.6 Å². The van der Waals surface area contributed by atoms with Crippen LogP contribution in [-0.2, 0) is 13.2 Å². The first-order valence-corrected chi connectivity index (χ1v) is 9.40. The van der Waals surface area contributed by atoms with E-state index in [-0.39, 0.29) is 5.82 Å². The fraction of sp³-hybridized carbons (Fsp3) is 0.182. The monoisotopic (exact) mass is 429 g/mol. The highest BCUT2D eigenvalue weighted by Gasteiger charge is 2.15. The van der Waals surface area contributed by atoms with E-state index in [1.165, 1.54) is 17.7 Å². The van der Waals surface area contributed by atoms with Gasteiger partial charge in [-0.05, 0) is 54.4 Å². The van der Waals surface area contributed by atoms with Gasteiger partial charge in [-0.1, -0.05) is 40.2 Å². The van der Waals surface area contributed by atoms with Gasteiger partial charge in [0.25, 0.3) is 0 Å². The van der Waals surface area contributed by atoms with E-state index >= 15 is 0 Å². The van der Waals surface area contributed by atoms with Crippen molar-refractivity contribution in [1.82, 2.24) is 0 Å². The first-order chi connectivity index (χ1) is 13.1. The maximum Gasteiger partial charge on any atom is 0.167 e. The molecule has 3 rings (SSSR count). The van der Waals surface area contributed by atoms with Gasteiger partial charge in [-0.3, -0.25) is 0 Å². The number of anilines is 1. The van der Waals surface area contributed by atoms with Crippen molar-refractivity contribution < 1.29 is 13.9 Å². The minimum absolute atomic E-state index is 0.259. The number of hydrogen-bond donors (Lipinski definition) is 1. The second-order valence-corrected chi connectivity index (χ2v) is 6.99. The number of benzene rings is 3. The van der Waals surface area contributed by atoms with Crippen LogP contribution in [0.2, 0.25) is 0 Å². The van der Waals surface area contributed by atoms with Gasteiger partial charge in [0.15, 0.2) is 11.5 Å². The molecule has 0 heterocycles. The van der Waals surface area contributed by atoms with Crippen LogP contribution in [-0.4, -0.2) is 7.11 Å². The lowest BCUT2D eigenvalue weighted by Crippen LogP contribution is -2.07. The van der Waals surface area contributed by atoms with Crippen LogP contribution in [0.1, 0.15) is 16.7 Å². The lowest BCUT2D eigenvalue weighted by molar-refractivity contribution is 0.281. The molecule has 0 bridgehead atoms. The summed E-state index contributed by atoms with van der Waals surface area (Å²) >= 11 is 3.60. The zero-order chi connectivity index (χ0) is 19.2. The largest absolute Gasteiger partial charge is 0.493 e. The summed E-state index contributed by atoms with van der Waals surface area (Å²) in [6, 6.07) is 18.2. The molecule has 0 unspecified atom stereocenters. The molecule has 3 aromatic rings. The van der Waals surface area contributed by atoms with Crippen molar-refractivity contribution >= 4 is 21.6 Å². The highest BCUT2D eigenvalue weighted by molar-refractivity contribution is 9.10. The molecule has 0 aliphatic carbocycles. The van der Waals surface area contributed by atoms with Crippen molar-refractivity contribution in [1.29, 1.82) is 0 Å². The lowest BCUT2D eigenvalue weighted by atomic mass is 10.1. The van der Waals surface area contributed by atoms with Gasteiger partial charge in [0.2, 0.25) is 0 Å². The van der Waals surface area contributed by atoms with E-state index in [1.807, 2.05) is 24.3 Å². The Bertz CT molecular complexity index is 913. The molecule has 0 spiro atoms. The second-order valence-electron chi connectivity index (χ2n) is 6.13. The molecule has 0 aliphatic rings. The summed E-state index contributed by atoms with van der Waals surface area (Å²) in [6.45, 7) is 3.02. The van der Waals surface area contributed by atoms with E-state index in [4.69, 9.17) is 9.47 Å². The Labute approximate surface area is 167 Å². The van der Waals surface area contributed by atoms with Crippen molar-refractivity contribution in [3.63, 3.8) is 0 Å². The van der Waals surface area contributed by atoms with Crippen molar-refractivity contribution in [3.8, 4) is 11.5 Å². The zero-order valence-corrected chi connectivity index (χ0v) is 16.8. The molecule has 0 saturated carbocycles. The van der Waals surface area contributed by atoms with Gasteiger partial charge in [-0.2, -0.15) is 0 Å². The Morgan fingerprint density at radius 2 is 1.74 bits per heavy atom. The molecule has 0 atom stereocenters. The maximum atomic E-state index is 13.1. The summed E-state index contributed by atoms with van der Waals surface area (Å²) in [4.78, 5) is 0. The highest BCUT2D eigenvalue weighted by Crippen LogP contribution is 2.37. The summed E-state index contributed by atoms with van der Waals surface area (Å²) in [6.07, 6.45) is 0. The van der Waals surface area contributed by atoms with Crippen LogP contribution in [0, 0.1) is 12.7 Å². The molecule has 0 amide bonds. The Morgan fingerprint density at radius 1 is 1.00 bits per heavy atom. The molecule has 0 saturated heterocycles. The average Bonchev–Trinajstić information content (AvgIpc) is 2.68. The molecular weight excluding hydrogens is 409 g/mol. The number of aryl methyl sites for hydroxylation is 1. The van der Waals surface area contributed by atoms with Crippen LogP contribution >= 0.6 is 15.9 Å². The molecular formula is C22H21BrFNO2. The number of halogens is 2. The first kappa shape index (κ1) is 19.2. The van der Waals surface area contributed by atoms with Crippen LogP contribution in [0.3, 0.4) is 0 Å². The predicted octanol–water partition coefficient (Wildman–Crippen LogP) is 6.10. The average molecular weight is 430 g/mol. The first-order valence-electron chi connectivity index (χ1n) is 8.60. The minimum Gasteiger partial charge on any atom is -0.493 e. The molecule has 27 heavy (non-hydrogen) atoms. The number of hydrogen-bond acceptors (Lipinski definition) is 3. The Kier molecular flexibility index (Phi) is 6.35. The Hall–Kier alpha value is -2.53. The van der Waals surface area contributed by atoms with E-state index in [2.05, 4.69) is 40.3 Å². The van der Waals surface area contributed by atoms with Crippen LogP contribution < -0.4 is 14.8 Å². The summed E-state index contributed by atoms with van der Waals surface area (Å²) in [5.41, 5.74) is 4.07. The molecule has 5 heteroatoms. The van der Waals surface area contributed by atoms with E-state index in [0.717, 1.165) is 21.3 Å². The van der Waals surface area contributed by atoms with Gasteiger partial charge in [-0.15, -0.1) is 0 Å². The standard InChI is InChI=1S/C22H21BrFNO2/c1-15-5-3-4-6-16(15)14-27-22-19(20(23)11-12-21(22)26-2)13-25-18-9-7-17(24)8-10-18/h3-12,25H,13-14H2,1-2H3. The third-order valence-corrected chi connectivity index (χ3v) is 5.08. The second kappa shape index (κ2) is 8.91. The summed E-state index contributed by atoms with van der Waals surface area (Å²) < 4.78 is 25.7. The van der Waals surface area contributed by atoms with E-state index in [9.17, 15) is 4.39 Å². The molecule has 0 radical (unpaired) electrons. The van der Waals surface area contributed by atoms with E-state index in [1.54, 1.807) is 19.2 Å². The number of ether oxygens (including phenoxy) is 2. The molecule has 3 nitrogen and oxygen atoms in total. The highest BCUT2D eigenvalue weighted by atomic mass is 79.9. The number of methoxy groups -OCH3 is 1. The third kappa shape index (κ3) is 4.80. The molecule has 140 valence electrons. The lowest BCUT2D eigenvalue weighted by Gasteiger charge is -2.18. The minimum atomic E-state index is -0.259. The third-order valence-electron chi connectivity index (χ3n) is 4.33. The Balaban J connectivity index is 1.83. The fourth-order valence-electron chi connectivity index (χ4n) is 2.75. The smallest absolute Gasteiger partial charge is 0.167 e. The number of rotatable bonds is 7. The molecule has 0 aliphatic heterocycles. The number of nitrogens with one attached hydrogen (secondary N) is 1. The SMILES string of the molecule is COc1ccc(Br)c(CNc2ccc(F)cc2)c1OCc1ccccc1C. The van der Waals surface area contributed by atoms with Gasteiger partial charge in [0.1, 0.15) is 12.4 Å². The zero-order valence-electron chi connectivity index (χ0n) is 15.3. The van der Waals surface area contributed by atoms with Crippen molar-refractivity contribution in [2.75, 3.05) is 12.4 Å². The van der Waals surface area contributed by atoms with Crippen LogP contribution in [0.25, 0.3) is 0 Å². The van der Waals surface area contributed by atoms with Crippen molar-refractivity contribution in [2.24, 2.45) is 0 Å². The molecule has 0 aromatic heterocycles. The maximum absolute atomic E-state index is 13.1. The van der Waals surface area contributed by atoms with Crippen LogP contribution in [0.4, 0.5) is 10.1 Å². The summed E-state index contributed by atoms with van der Waals surface area (Å²) in [7, 11) is 1.63. The van der Waals surface area contributed by atoms with E-state index in [0.29, 0.717) is 24.7 Å². The molecule has 1 N–H and O–H groups in total.